The van der Waals surface area contributed by atoms with Crippen LogP contribution in [0.15, 0.2) is 10.1 Å². The first-order valence-corrected chi connectivity index (χ1v) is 6.48. The number of hydrogen-bond donors (Lipinski definition) is 3. The predicted molar refractivity (Wildman–Crippen MR) is 80.6 cm³/mol. The molecule has 0 aromatic carbocycles. The Hall–Kier alpha value is -1.90. The van der Waals surface area contributed by atoms with Crippen molar-refractivity contribution in [2.75, 3.05) is 26.2 Å². The third-order valence-corrected chi connectivity index (χ3v) is 2.96. The van der Waals surface area contributed by atoms with Crippen molar-refractivity contribution in [2.24, 2.45) is 15.9 Å². The van der Waals surface area contributed by atoms with E-state index in [1.54, 1.807) is 4.90 Å². The maximum Gasteiger partial charge on any atom is 0.151 e. The molecule has 7 nitrogen and oxygen atoms in total. The Bertz CT molecular complexity index is 448. The van der Waals surface area contributed by atoms with Gasteiger partial charge in [-0.15, -0.1) is 12.8 Å². The summed E-state index contributed by atoms with van der Waals surface area (Å²) >= 11 is 0. The molecule has 0 amide bonds. The lowest BCUT2D eigenvalue weighted by Gasteiger charge is -2.16. The fraction of sp³-hybridized carbons (Fsp3) is 0.571. The number of hydrogen-bond acceptors (Lipinski definition) is 7. The molecule has 1 aliphatic heterocycles. The highest BCUT2D eigenvalue weighted by Crippen LogP contribution is 2.20. The minimum absolute atomic E-state index is 0.247. The van der Waals surface area contributed by atoms with Crippen LogP contribution in [0.25, 0.3) is 0 Å². The highest BCUT2D eigenvalue weighted by atomic mass is 16.5. The summed E-state index contributed by atoms with van der Waals surface area (Å²) in [6.07, 6.45) is 10.4. The number of aliphatic hydroxyl groups excluding tert-OH is 2. The van der Waals surface area contributed by atoms with E-state index in [1.165, 1.54) is 6.21 Å². The number of nitrogens with two attached hydrogens (primary N) is 1. The maximum atomic E-state index is 9.60. The van der Waals surface area contributed by atoms with Crippen LogP contribution in [-0.4, -0.2) is 71.7 Å². The van der Waals surface area contributed by atoms with Gasteiger partial charge in [-0.05, 0) is 0 Å². The number of aliphatic hydroxyl groups is 2. The molecule has 0 radical (unpaired) electrons. The van der Waals surface area contributed by atoms with E-state index in [0.717, 1.165) is 0 Å². The molecule has 0 spiro atoms. The zero-order valence-corrected chi connectivity index (χ0v) is 11.7. The molecule has 1 unspecified atom stereocenters. The maximum absolute atomic E-state index is 9.60. The van der Waals surface area contributed by atoms with E-state index >= 15 is 0 Å². The van der Waals surface area contributed by atoms with E-state index in [-0.39, 0.29) is 6.61 Å². The van der Waals surface area contributed by atoms with Crippen molar-refractivity contribution < 1.29 is 14.9 Å². The van der Waals surface area contributed by atoms with Crippen molar-refractivity contribution in [3.8, 4) is 24.7 Å². The van der Waals surface area contributed by atoms with E-state index in [2.05, 4.69) is 21.9 Å². The van der Waals surface area contributed by atoms with Crippen molar-refractivity contribution in [2.45, 2.75) is 24.9 Å². The molecule has 0 aliphatic carbocycles. The Morgan fingerprint density at radius 1 is 1.43 bits per heavy atom. The average Bonchev–Trinajstić information content (AvgIpc) is 2.84. The van der Waals surface area contributed by atoms with Crippen LogP contribution >= 0.6 is 0 Å². The summed E-state index contributed by atoms with van der Waals surface area (Å²) in [5, 5.41) is 22.2. The van der Waals surface area contributed by atoms with E-state index in [0.29, 0.717) is 31.8 Å². The summed E-state index contributed by atoms with van der Waals surface area (Å²) in [5.74, 6) is 10.3. The summed E-state index contributed by atoms with van der Waals surface area (Å²) in [6, 6.07) is 0. The zero-order valence-electron chi connectivity index (χ0n) is 11.7. The minimum atomic E-state index is -0.727. The number of ether oxygens (including phenoxy) is 1. The number of aliphatic imine (C=N–C) groups is 1. The Kier molecular flexibility index (Phi) is 7.44. The second-order valence-electron chi connectivity index (χ2n) is 4.57. The van der Waals surface area contributed by atoms with Crippen LogP contribution < -0.4 is 5.84 Å². The summed E-state index contributed by atoms with van der Waals surface area (Å²) in [7, 11) is 0. The summed E-state index contributed by atoms with van der Waals surface area (Å²) in [6.45, 7) is 0.876. The third kappa shape index (κ3) is 5.54. The molecule has 0 aromatic rings. The first-order valence-electron chi connectivity index (χ1n) is 6.48. The Balaban J connectivity index is 2.57. The Morgan fingerprint density at radius 2 is 2.10 bits per heavy atom. The second-order valence-corrected chi connectivity index (χ2v) is 4.57. The first-order chi connectivity index (χ1) is 10.1. The van der Waals surface area contributed by atoms with Gasteiger partial charge in [-0.3, -0.25) is 9.89 Å². The molecule has 4 N–H and O–H groups in total. The van der Waals surface area contributed by atoms with Crippen molar-refractivity contribution in [3.63, 3.8) is 0 Å². The van der Waals surface area contributed by atoms with Crippen LogP contribution in [0.4, 0.5) is 0 Å². The summed E-state index contributed by atoms with van der Waals surface area (Å²) < 4.78 is 5.35. The van der Waals surface area contributed by atoms with Gasteiger partial charge in [0.2, 0.25) is 0 Å². The van der Waals surface area contributed by atoms with Gasteiger partial charge in [-0.25, -0.2) is 0 Å². The summed E-state index contributed by atoms with van der Waals surface area (Å²) in [4.78, 5) is 5.96. The van der Waals surface area contributed by atoms with Gasteiger partial charge in [-0.2, -0.15) is 5.10 Å². The van der Waals surface area contributed by atoms with Gasteiger partial charge < -0.3 is 20.8 Å². The van der Waals surface area contributed by atoms with Crippen molar-refractivity contribution in [1.29, 1.82) is 0 Å². The molecule has 7 heteroatoms. The topological polar surface area (TPSA) is 104 Å². The SMILES string of the molecule is C#CCN(CC#C)CC(C=N[C@H]1CC(O)[C@@H](CO)O1)=NN. The molecule has 1 fully saturated rings. The van der Waals surface area contributed by atoms with Gasteiger partial charge in [0, 0.05) is 19.2 Å². The molecule has 1 aliphatic rings. The molecule has 0 saturated carbocycles. The van der Waals surface area contributed by atoms with Crippen molar-refractivity contribution in [1.82, 2.24) is 4.90 Å². The Labute approximate surface area is 124 Å². The lowest BCUT2D eigenvalue weighted by Crippen LogP contribution is -2.32. The molecule has 3 atom stereocenters. The molecule has 1 heterocycles. The largest absolute Gasteiger partial charge is 0.394 e. The Morgan fingerprint density at radius 3 is 2.57 bits per heavy atom. The monoisotopic (exact) mass is 292 g/mol. The van der Waals surface area contributed by atoms with E-state index in [4.69, 9.17) is 28.5 Å². The van der Waals surface area contributed by atoms with Crippen molar-refractivity contribution in [3.05, 3.63) is 0 Å². The number of hydrazone groups is 1. The van der Waals surface area contributed by atoms with Gasteiger partial charge in [0.25, 0.3) is 0 Å². The molecular formula is C14H20N4O3. The van der Waals surface area contributed by atoms with Gasteiger partial charge in [0.05, 0.1) is 31.5 Å². The normalized spacial score (nSPS) is 26.1. The molecule has 0 aromatic heterocycles. The van der Waals surface area contributed by atoms with Crippen LogP contribution in [0.5, 0.6) is 0 Å². The van der Waals surface area contributed by atoms with Crippen LogP contribution in [0.3, 0.4) is 0 Å². The molecule has 114 valence electrons. The van der Waals surface area contributed by atoms with E-state index in [1.807, 2.05) is 0 Å². The number of terminal acetylenes is 2. The number of nitrogens with zero attached hydrogens (tertiary/aromatic N) is 3. The lowest BCUT2D eigenvalue weighted by molar-refractivity contribution is -0.0192. The van der Waals surface area contributed by atoms with Crippen molar-refractivity contribution >= 4 is 11.9 Å². The first kappa shape index (κ1) is 17.2. The molecule has 1 rings (SSSR count). The van der Waals surface area contributed by atoms with Gasteiger partial charge in [0.1, 0.15) is 6.10 Å². The molecule has 0 bridgehead atoms. The van der Waals surface area contributed by atoms with Crippen LogP contribution in [0.1, 0.15) is 6.42 Å². The zero-order chi connectivity index (χ0) is 15.7. The smallest absolute Gasteiger partial charge is 0.151 e. The highest BCUT2D eigenvalue weighted by Gasteiger charge is 2.32. The molecule has 1 saturated heterocycles. The van der Waals surface area contributed by atoms with Gasteiger partial charge in [0.15, 0.2) is 6.23 Å². The third-order valence-electron chi connectivity index (χ3n) is 2.96. The van der Waals surface area contributed by atoms with Crippen LogP contribution in [0, 0.1) is 24.7 Å². The highest BCUT2D eigenvalue weighted by molar-refractivity contribution is 6.31. The fourth-order valence-corrected chi connectivity index (χ4v) is 1.91. The minimum Gasteiger partial charge on any atom is -0.394 e. The standard InChI is InChI=1S/C14H20N4O3/c1-3-5-18(6-4-2)9-11(17-15)8-16-14-7-12(20)13(10-19)21-14/h1-2,8,12-14,19-20H,5-7,9-10,15H2/t12?,13-,14-/m1/s1. The van der Waals surface area contributed by atoms with E-state index < -0.39 is 18.4 Å². The molecule has 21 heavy (non-hydrogen) atoms. The fourth-order valence-electron chi connectivity index (χ4n) is 1.91. The van der Waals surface area contributed by atoms with Gasteiger partial charge >= 0.3 is 0 Å². The summed E-state index contributed by atoms with van der Waals surface area (Å²) in [5.41, 5.74) is 0.492. The van der Waals surface area contributed by atoms with Crippen LogP contribution in [0.2, 0.25) is 0 Å². The van der Waals surface area contributed by atoms with E-state index in [9.17, 15) is 5.11 Å². The molecular weight excluding hydrogens is 272 g/mol. The second kappa shape index (κ2) is 9.11. The predicted octanol–water partition coefficient (Wildman–Crippen LogP) is -1.59. The van der Waals surface area contributed by atoms with Crippen LogP contribution in [-0.2, 0) is 4.74 Å². The average molecular weight is 292 g/mol. The number of rotatable bonds is 7. The quantitative estimate of drug-likeness (QED) is 0.227. The van der Waals surface area contributed by atoms with Gasteiger partial charge in [-0.1, -0.05) is 11.8 Å². The lowest BCUT2D eigenvalue weighted by atomic mass is 10.2.